The van der Waals surface area contributed by atoms with Crippen LogP contribution < -0.4 is 11.1 Å². The highest BCUT2D eigenvalue weighted by Crippen LogP contribution is 2.11. The first-order valence-corrected chi connectivity index (χ1v) is 4.41. The van der Waals surface area contributed by atoms with Crippen molar-refractivity contribution in [3.05, 3.63) is 35.9 Å². The minimum atomic E-state index is 0.224. The minimum absolute atomic E-state index is 0.224. The van der Waals surface area contributed by atoms with Gasteiger partial charge in [-0.05, 0) is 36.0 Å². The number of hydrogen-bond acceptors (Lipinski definition) is 2. The zero-order valence-corrected chi connectivity index (χ0v) is 8.25. The lowest BCUT2D eigenvalue weighted by atomic mass is 10.2. The van der Waals surface area contributed by atoms with Gasteiger partial charge in [0.2, 0.25) is 0 Å². The molecular weight excluding hydrogens is 196 g/mol. The highest BCUT2D eigenvalue weighted by Gasteiger charge is 1.93. The van der Waals surface area contributed by atoms with Gasteiger partial charge in [0.1, 0.15) is 6.29 Å². The fraction of sp³-hybridized carbons (Fsp3) is 0. The summed E-state index contributed by atoms with van der Waals surface area (Å²) in [5, 5.41) is 3.03. The number of rotatable bonds is 3. The highest BCUT2D eigenvalue weighted by molar-refractivity contribution is 7.80. The second-order valence-electron chi connectivity index (χ2n) is 2.61. The van der Waals surface area contributed by atoms with Gasteiger partial charge in [0.15, 0.2) is 5.11 Å². The monoisotopic (exact) mass is 206 g/mol. The standard InChI is InChI=1S/C10H10N2OS/c11-10(14)12-9-5-1-3-8(7-9)4-2-6-13/h1-7H,(H3,11,12,14). The molecule has 14 heavy (non-hydrogen) atoms. The molecule has 72 valence electrons. The van der Waals surface area contributed by atoms with Gasteiger partial charge < -0.3 is 11.1 Å². The molecule has 0 radical (unpaired) electrons. The predicted molar refractivity (Wildman–Crippen MR) is 61.9 cm³/mol. The molecule has 0 spiro atoms. The largest absolute Gasteiger partial charge is 0.376 e. The molecule has 0 unspecified atom stereocenters. The summed E-state index contributed by atoms with van der Waals surface area (Å²) in [5.74, 6) is 0. The van der Waals surface area contributed by atoms with Crippen molar-refractivity contribution >= 4 is 35.4 Å². The number of allylic oxidation sites excluding steroid dienone is 1. The molecule has 0 aliphatic rings. The number of aldehydes is 1. The smallest absolute Gasteiger partial charge is 0.168 e. The third kappa shape index (κ3) is 3.37. The van der Waals surface area contributed by atoms with Gasteiger partial charge in [0.05, 0.1) is 0 Å². The number of nitrogens with two attached hydrogens (primary N) is 1. The molecule has 1 aromatic carbocycles. The van der Waals surface area contributed by atoms with Crippen LogP contribution in [0.1, 0.15) is 5.56 Å². The number of carbonyl (C=O) groups is 1. The van der Waals surface area contributed by atoms with Crippen molar-refractivity contribution in [2.75, 3.05) is 5.32 Å². The number of anilines is 1. The van der Waals surface area contributed by atoms with E-state index in [9.17, 15) is 4.79 Å². The maximum absolute atomic E-state index is 10.1. The van der Waals surface area contributed by atoms with Crippen molar-refractivity contribution in [1.29, 1.82) is 0 Å². The van der Waals surface area contributed by atoms with E-state index in [2.05, 4.69) is 5.32 Å². The van der Waals surface area contributed by atoms with Gasteiger partial charge in [0, 0.05) is 5.69 Å². The lowest BCUT2D eigenvalue weighted by molar-refractivity contribution is -0.104. The Bertz CT molecular complexity index is 374. The topological polar surface area (TPSA) is 55.1 Å². The average molecular weight is 206 g/mol. The van der Waals surface area contributed by atoms with Crippen LogP contribution in [-0.4, -0.2) is 11.4 Å². The van der Waals surface area contributed by atoms with Crippen molar-refractivity contribution < 1.29 is 4.79 Å². The van der Waals surface area contributed by atoms with Crippen LogP contribution >= 0.6 is 12.2 Å². The maximum Gasteiger partial charge on any atom is 0.168 e. The number of hydrogen-bond donors (Lipinski definition) is 2. The second kappa shape index (κ2) is 5.14. The molecule has 0 amide bonds. The molecule has 0 aromatic heterocycles. The summed E-state index contributed by atoms with van der Waals surface area (Å²) in [4.78, 5) is 10.1. The fourth-order valence-electron chi connectivity index (χ4n) is 1.01. The number of nitrogens with one attached hydrogen (secondary N) is 1. The summed E-state index contributed by atoms with van der Waals surface area (Å²) in [7, 11) is 0. The lowest BCUT2D eigenvalue weighted by Gasteiger charge is -2.03. The Hall–Kier alpha value is -1.68. The van der Waals surface area contributed by atoms with E-state index in [4.69, 9.17) is 18.0 Å². The Morgan fingerprint density at radius 2 is 2.29 bits per heavy atom. The Balaban J connectivity index is 2.83. The van der Waals surface area contributed by atoms with E-state index in [0.717, 1.165) is 17.5 Å². The maximum atomic E-state index is 10.1. The summed E-state index contributed by atoms with van der Waals surface area (Å²) in [6.45, 7) is 0. The summed E-state index contributed by atoms with van der Waals surface area (Å²) in [6.07, 6.45) is 3.87. The number of thiocarbonyl (C=S) groups is 1. The third-order valence-corrected chi connectivity index (χ3v) is 1.62. The molecule has 3 N–H and O–H groups in total. The molecule has 0 heterocycles. The van der Waals surface area contributed by atoms with Crippen molar-refractivity contribution in [3.63, 3.8) is 0 Å². The number of carbonyl (C=O) groups excluding carboxylic acids is 1. The Labute approximate surface area is 87.6 Å². The molecule has 1 aromatic rings. The van der Waals surface area contributed by atoms with Crippen LogP contribution in [-0.2, 0) is 4.79 Å². The van der Waals surface area contributed by atoms with Gasteiger partial charge in [0.25, 0.3) is 0 Å². The van der Waals surface area contributed by atoms with Gasteiger partial charge in [-0.15, -0.1) is 0 Å². The molecule has 3 nitrogen and oxygen atoms in total. The zero-order valence-electron chi connectivity index (χ0n) is 7.44. The van der Waals surface area contributed by atoms with Gasteiger partial charge in [-0.2, -0.15) is 0 Å². The van der Waals surface area contributed by atoms with Crippen LogP contribution in [0.15, 0.2) is 30.3 Å². The molecule has 4 heteroatoms. The normalized spacial score (nSPS) is 10.0. The van der Waals surface area contributed by atoms with Crippen LogP contribution in [0.4, 0.5) is 5.69 Å². The van der Waals surface area contributed by atoms with Crippen LogP contribution in [0, 0.1) is 0 Å². The van der Waals surface area contributed by atoms with E-state index < -0.39 is 0 Å². The van der Waals surface area contributed by atoms with E-state index in [1.54, 1.807) is 6.08 Å². The van der Waals surface area contributed by atoms with Crippen LogP contribution in [0.3, 0.4) is 0 Å². The van der Waals surface area contributed by atoms with Crippen molar-refractivity contribution in [3.8, 4) is 0 Å². The lowest BCUT2D eigenvalue weighted by Crippen LogP contribution is -2.18. The highest BCUT2D eigenvalue weighted by atomic mass is 32.1. The molecule has 0 atom stereocenters. The molecule has 0 saturated heterocycles. The van der Waals surface area contributed by atoms with Crippen LogP contribution in [0.25, 0.3) is 6.08 Å². The molecular formula is C10H10N2OS. The van der Waals surface area contributed by atoms with E-state index in [1.807, 2.05) is 24.3 Å². The second-order valence-corrected chi connectivity index (χ2v) is 3.05. The predicted octanol–water partition coefficient (Wildman–Crippen LogP) is 1.55. The summed E-state index contributed by atoms with van der Waals surface area (Å²) >= 11 is 4.70. The molecule has 1 rings (SSSR count). The summed E-state index contributed by atoms with van der Waals surface area (Å²) in [5.41, 5.74) is 7.05. The van der Waals surface area contributed by atoms with Crippen LogP contribution in [0.2, 0.25) is 0 Å². The van der Waals surface area contributed by atoms with Crippen molar-refractivity contribution in [2.24, 2.45) is 5.73 Å². The van der Waals surface area contributed by atoms with Gasteiger partial charge >= 0.3 is 0 Å². The van der Waals surface area contributed by atoms with Gasteiger partial charge in [-0.3, -0.25) is 4.79 Å². The van der Waals surface area contributed by atoms with Crippen molar-refractivity contribution in [1.82, 2.24) is 0 Å². The molecule has 0 saturated carbocycles. The molecule has 0 aliphatic heterocycles. The van der Waals surface area contributed by atoms with Gasteiger partial charge in [-0.25, -0.2) is 0 Å². The van der Waals surface area contributed by atoms with E-state index in [-0.39, 0.29) is 5.11 Å². The van der Waals surface area contributed by atoms with Crippen molar-refractivity contribution in [2.45, 2.75) is 0 Å². The number of benzene rings is 1. The van der Waals surface area contributed by atoms with Crippen LogP contribution in [0.5, 0.6) is 0 Å². The third-order valence-electron chi connectivity index (χ3n) is 1.52. The average Bonchev–Trinajstić information content (AvgIpc) is 2.14. The summed E-state index contributed by atoms with van der Waals surface area (Å²) in [6, 6.07) is 7.42. The van der Waals surface area contributed by atoms with Gasteiger partial charge in [-0.1, -0.05) is 18.2 Å². The SMILES string of the molecule is NC(=S)Nc1cccc(C=CC=O)c1. The fourth-order valence-corrected chi connectivity index (χ4v) is 1.13. The van der Waals surface area contributed by atoms with E-state index in [1.165, 1.54) is 6.08 Å². The Kier molecular flexibility index (Phi) is 3.82. The first-order chi connectivity index (χ1) is 6.72. The zero-order chi connectivity index (χ0) is 10.4. The first-order valence-electron chi connectivity index (χ1n) is 4.01. The quantitative estimate of drug-likeness (QED) is 0.447. The molecule has 0 bridgehead atoms. The Morgan fingerprint density at radius 1 is 1.50 bits per heavy atom. The minimum Gasteiger partial charge on any atom is -0.376 e. The molecule has 0 aliphatic carbocycles. The first kappa shape index (κ1) is 10.4. The van der Waals surface area contributed by atoms with E-state index in [0.29, 0.717) is 0 Å². The Morgan fingerprint density at radius 3 is 2.93 bits per heavy atom. The molecule has 0 fully saturated rings. The van der Waals surface area contributed by atoms with E-state index >= 15 is 0 Å². The summed E-state index contributed by atoms with van der Waals surface area (Å²) < 4.78 is 0.